The van der Waals surface area contributed by atoms with E-state index in [1.165, 1.54) is 25.7 Å². The van der Waals surface area contributed by atoms with E-state index >= 15 is 0 Å². The lowest BCUT2D eigenvalue weighted by atomic mass is 9.40. The summed E-state index contributed by atoms with van der Waals surface area (Å²) in [6.45, 7) is 9.07. The van der Waals surface area contributed by atoms with E-state index in [0.717, 1.165) is 32.1 Å². The Morgan fingerprint density at radius 1 is 0.920 bits per heavy atom. The normalized spacial score (nSPS) is 59.6. The number of rotatable bonds is 1. The molecule has 0 radical (unpaired) electrons. The van der Waals surface area contributed by atoms with Gasteiger partial charge in [0.1, 0.15) is 0 Å². The molecule has 9 atom stereocenters. The summed E-state index contributed by atoms with van der Waals surface area (Å²) in [6.07, 6.45) is 8.74. The molecule has 3 heteroatoms. The third kappa shape index (κ3) is 2.41. The fourth-order valence-corrected chi connectivity index (χ4v) is 8.09. The molecule has 0 unspecified atom stereocenters. The monoisotopic (exact) mass is 350 g/mol. The maximum Gasteiger partial charge on any atom is 0.0910 e. The average molecular weight is 351 g/mol. The van der Waals surface area contributed by atoms with Crippen LogP contribution < -0.4 is 0 Å². The molecule has 0 aliphatic heterocycles. The maximum absolute atomic E-state index is 11.1. The zero-order valence-electron chi connectivity index (χ0n) is 16.6. The quantitative estimate of drug-likeness (QED) is 0.672. The van der Waals surface area contributed by atoms with E-state index in [4.69, 9.17) is 0 Å². The minimum Gasteiger partial charge on any atom is -0.393 e. The van der Waals surface area contributed by atoms with Crippen LogP contribution >= 0.6 is 0 Å². The topological polar surface area (TPSA) is 60.7 Å². The summed E-state index contributed by atoms with van der Waals surface area (Å²) in [6, 6.07) is 0. The van der Waals surface area contributed by atoms with E-state index in [0.29, 0.717) is 23.2 Å². The van der Waals surface area contributed by atoms with Gasteiger partial charge in [0.25, 0.3) is 0 Å². The molecule has 3 nitrogen and oxygen atoms in total. The fraction of sp³-hybridized carbons (Fsp3) is 1.00. The molecule has 0 aromatic rings. The molecule has 144 valence electrons. The highest BCUT2D eigenvalue weighted by molar-refractivity contribution is 5.14. The highest BCUT2D eigenvalue weighted by Gasteiger charge is 2.64. The smallest absolute Gasteiger partial charge is 0.0910 e. The van der Waals surface area contributed by atoms with Gasteiger partial charge in [-0.25, -0.2) is 0 Å². The molecule has 0 heterocycles. The number of fused-ring (bicyclic) bond motifs is 5. The molecule has 25 heavy (non-hydrogen) atoms. The third-order valence-electron chi connectivity index (χ3n) is 9.93. The summed E-state index contributed by atoms with van der Waals surface area (Å²) in [5.74, 6) is 1.94. The van der Waals surface area contributed by atoms with Crippen LogP contribution in [0.2, 0.25) is 0 Å². The number of hydrogen-bond donors (Lipinski definition) is 3. The molecule has 0 saturated heterocycles. The predicted octanol–water partition coefficient (Wildman–Crippen LogP) is 3.89. The number of hydrogen-bond acceptors (Lipinski definition) is 3. The minimum atomic E-state index is -0.890. The van der Waals surface area contributed by atoms with Crippen LogP contribution in [0.25, 0.3) is 0 Å². The highest BCUT2D eigenvalue weighted by atomic mass is 16.3. The first kappa shape index (κ1) is 18.3. The summed E-state index contributed by atoms with van der Waals surface area (Å²) in [5, 5.41) is 31.5. The third-order valence-corrected chi connectivity index (χ3v) is 9.93. The molecule has 0 aromatic carbocycles. The van der Waals surface area contributed by atoms with Gasteiger partial charge < -0.3 is 15.3 Å². The second-order valence-corrected chi connectivity index (χ2v) is 11.1. The lowest BCUT2D eigenvalue weighted by Crippen LogP contribution is -2.57. The average Bonchev–Trinajstić information content (AvgIpc) is 2.81. The number of aliphatic hydroxyl groups is 3. The van der Waals surface area contributed by atoms with E-state index in [1.54, 1.807) is 6.92 Å². The van der Waals surface area contributed by atoms with Crippen LogP contribution in [0.5, 0.6) is 0 Å². The van der Waals surface area contributed by atoms with Gasteiger partial charge in [0.15, 0.2) is 0 Å². The van der Waals surface area contributed by atoms with Gasteiger partial charge in [-0.3, -0.25) is 0 Å². The maximum atomic E-state index is 11.1. The number of aliphatic hydroxyl groups excluding tert-OH is 2. The molecule has 3 N–H and O–H groups in total. The summed E-state index contributed by atoms with van der Waals surface area (Å²) in [5.41, 5.74) is -0.120. The van der Waals surface area contributed by atoms with E-state index in [1.807, 2.05) is 0 Å². The zero-order chi connectivity index (χ0) is 18.3. The predicted molar refractivity (Wildman–Crippen MR) is 99.0 cm³/mol. The van der Waals surface area contributed by atoms with Crippen molar-refractivity contribution in [3.8, 4) is 0 Å². The highest BCUT2D eigenvalue weighted by Crippen LogP contribution is 2.70. The van der Waals surface area contributed by atoms with Gasteiger partial charge in [-0.05, 0) is 98.7 Å². The molecular weight excluding hydrogens is 312 g/mol. The summed E-state index contributed by atoms with van der Waals surface area (Å²) in [4.78, 5) is 0. The van der Waals surface area contributed by atoms with Gasteiger partial charge >= 0.3 is 0 Å². The second kappa shape index (κ2) is 5.45. The zero-order valence-corrected chi connectivity index (χ0v) is 16.6. The van der Waals surface area contributed by atoms with Crippen molar-refractivity contribution in [3.63, 3.8) is 0 Å². The van der Waals surface area contributed by atoms with Gasteiger partial charge in [0, 0.05) is 0 Å². The van der Waals surface area contributed by atoms with Gasteiger partial charge in [0.2, 0.25) is 0 Å². The van der Waals surface area contributed by atoms with Gasteiger partial charge in [-0.1, -0.05) is 20.8 Å². The first-order valence-electron chi connectivity index (χ1n) is 10.6. The molecule has 4 rings (SSSR count). The van der Waals surface area contributed by atoms with Crippen LogP contribution in [-0.4, -0.2) is 33.1 Å². The Labute approximate surface area is 153 Å². The van der Waals surface area contributed by atoms with Crippen molar-refractivity contribution >= 4 is 0 Å². The van der Waals surface area contributed by atoms with Crippen molar-refractivity contribution in [2.45, 2.75) is 103 Å². The Balaban J connectivity index is 1.65. The first-order chi connectivity index (χ1) is 11.5. The molecular formula is C22H38O3. The van der Waals surface area contributed by atoms with E-state index < -0.39 is 11.7 Å². The molecule has 0 bridgehead atoms. The Morgan fingerprint density at radius 2 is 1.64 bits per heavy atom. The van der Waals surface area contributed by atoms with Crippen LogP contribution in [0.15, 0.2) is 0 Å². The van der Waals surface area contributed by atoms with Crippen molar-refractivity contribution < 1.29 is 15.3 Å². The van der Waals surface area contributed by atoms with Gasteiger partial charge in [-0.15, -0.1) is 0 Å². The Bertz CT molecular complexity index is 547. The summed E-state index contributed by atoms with van der Waals surface area (Å²) < 4.78 is 0. The minimum absolute atomic E-state index is 0.115. The molecule has 0 aromatic heterocycles. The SMILES string of the molecule is C[C@@H](O)[C@@]1(O)C[C@H]2[C@@H]3CC[C@@]4(C)C[C@H](O)CC[C@]4(C)[C@H]3CC[C@]2(C)C1. The van der Waals surface area contributed by atoms with Crippen LogP contribution in [0.3, 0.4) is 0 Å². The van der Waals surface area contributed by atoms with Crippen molar-refractivity contribution in [2.75, 3.05) is 0 Å². The molecule has 4 fully saturated rings. The molecule has 4 saturated carbocycles. The van der Waals surface area contributed by atoms with Crippen LogP contribution in [-0.2, 0) is 0 Å². The molecule has 4 aliphatic rings. The second-order valence-electron chi connectivity index (χ2n) is 11.1. The van der Waals surface area contributed by atoms with Crippen LogP contribution in [0.4, 0.5) is 0 Å². The lowest BCUT2D eigenvalue weighted by molar-refractivity contribution is -0.166. The standard InChI is InChI=1S/C22H38O3/c1-14(23)22(25)12-18-16-6-9-20(3)11-15(24)5-10-21(20,4)17(16)7-8-19(18,2)13-22/h14-18,23-25H,5-13H2,1-4H3/t14-,15-,16-,17+,18+,19-,20+,21-,22-/m1/s1. The molecule has 0 spiro atoms. The Morgan fingerprint density at radius 3 is 2.32 bits per heavy atom. The van der Waals surface area contributed by atoms with Crippen LogP contribution in [0.1, 0.15) is 85.5 Å². The lowest BCUT2D eigenvalue weighted by Gasteiger charge is -2.64. The van der Waals surface area contributed by atoms with Crippen molar-refractivity contribution in [1.82, 2.24) is 0 Å². The van der Waals surface area contributed by atoms with Crippen molar-refractivity contribution in [1.29, 1.82) is 0 Å². The Kier molecular flexibility index (Phi) is 3.98. The van der Waals surface area contributed by atoms with Gasteiger partial charge in [0.05, 0.1) is 17.8 Å². The van der Waals surface area contributed by atoms with Crippen LogP contribution in [0, 0.1) is 34.0 Å². The molecule has 4 aliphatic carbocycles. The Hall–Kier alpha value is -0.120. The van der Waals surface area contributed by atoms with E-state index in [2.05, 4.69) is 20.8 Å². The molecule has 0 amide bonds. The van der Waals surface area contributed by atoms with E-state index in [-0.39, 0.29) is 16.9 Å². The summed E-state index contributed by atoms with van der Waals surface area (Å²) in [7, 11) is 0. The van der Waals surface area contributed by atoms with Crippen molar-refractivity contribution in [3.05, 3.63) is 0 Å². The van der Waals surface area contributed by atoms with E-state index in [9.17, 15) is 15.3 Å². The largest absolute Gasteiger partial charge is 0.393 e. The fourth-order valence-electron chi connectivity index (χ4n) is 8.09. The first-order valence-corrected chi connectivity index (χ1v) is 10.6. The van der Waals surface area contributed by atoms with Gasteiger partial charge in [-0.2, -0.15) is 0 Å². The van der Waals surface area contributed by atoms with Crippen molar-refractivity contribution in [2.24, 2.45) is 34.0 Å². The summed E-state index contributed by atoms with van der Waals surface area (Å²) >= 11 is 0.